The van der Waals surface area contributed by atoms with Crippen molar-refractivity contribution >= 4 is 5.97 Å². The molecule has 0 unspecified atom stereocenters. The van der Waals surface area contributed by atoms with Gasteiger partial charge in [0.2, 0.25) is 0 Å². The molecule has 0 aromatic heterocycles. The molecule has 116 valence electrons. The number of carbonyl (C=O) groups excluding carboxylic acids is 1. The first-order valence-electron chi connectivity index (χ1n) is 8.22. The largest absolute Gasteiger partial charge is 0.466 e. The van der Waals surface area contributed by atoms with Crippen molar-refractivity contribution in [3.63, 3.8) is 0 Å². The van der Waals surface area contributed by atoms with Gasteiger partial charge in [0.1, 0.15) is 0 Å². The maximum Gasteiger partial charge on any atom is 0.302 e. The first kappa shape index (κ1) is 18.9. The highest BCUT2D eigenvalue weighted by Gasteiger charge is 1.91. The standard InChI is InChI=1S/C18H32O2/c1-3-4-5-6-7-8-9-10-11-12-13-14-15-16-17-20-18(2)19/h10-13H,3-9,14-17H2,1-2H3. The van der Waals surface area contributed by atoms with Gasteiger partial charge in [-0.05, 0) is 32.1 Å². The Hall–Kier alpha value is -1.05. The molecule has 0 rings (SSSR count). The predicted molar refractivity (Wildman–Crippen MR) is 86.8 cm³/mol. The molecule has 0 N–H and O–H groups in total. The second-order valence-electron chi connectivity index (χ2n) is 5.25. The SMILES string of the molecule is CCCCCCCCC=CC=CCCCCOC(C)=O. The second kappa shape index (κ2) is 16.0. The molecule has 0 aliphatic rings. The Morgan fingerprint density at radius 3 is 2.00 bits per heavy atom. The van der Waals surface area contributed by atoms with Crippen molar-refractivity contribution in [1.82, 2.24) is 0 Å². The van der Waals surface area contributed by atoms with Crippen molar-refractivity contribution in [1.29, 1.82) is 0 Å². The number of rotatable bonds is 13. The summed E-state index contributed by atoms with van der Waals surface area (Å²) in [5.74, 6) is -0.182. The monoisotopic (exact) mass is 280 g/mol. The molecule has 0 bridgehead atoms. The van der Waals surface area contributed by atoms with Crippen LogP contribution in [0.15, 0.2) is 24.3 Å². The van der Waals surface area contributed by atoms with Gasteiger partial charge in [-0.25, -0.2) is 0 Å². The summed E-state index contributed by atoms with van der Waals surface area (Å²) in [5, 5.41) is 0. The van der Waals surface area contributed by atoms with Crippen LogP contribution in [0.4, 0.5) is 0 Å². The lowest BCUT2D eigenvalue weighted by atomic mass is 10.1. The quantitative estimate of drug-likeness (QED) is 0.250. The van der Waals surface area contributed by atoms with Crippen LogP contribution < -0.4 is 0 Å². The highest BCUT2D eigenvalue weighted by Crippen LogP contribution is 2.07. The van der Waals surface area contributed by atoms with E-state index in [2.05, 4.69) is 31.2 Å². The highest BCUT2D eigenvalue weighted by molar-refractivity contribution is 5.65. The second-order valence-corrected chi connectivity index (χ2v) is 5.25. The minimum Gasteiger partial charge on any atom is -0.466 e. The average molecular weight is 280 g/mol. The zero-order valence-electron chi connectivity index (χ0n) is 13.4. The van der Waals surface area contributed by atoms with E-state index in [0.29, 0.717) is 6.61 Å². The summed E-state index contributed by atoms with van der Waals surface area (Å²) in [5.41, 5.74) is 0. The van der Waals surface area contributed by atoms with Crippen LogP contribution in [0.3, 0.4) is 0 Å². The van der Waals surface area contributed by atoms with Gasteiger partial charge in [-0.1, -0.05) is 63.3 Å². The molecule has 0 spiro atoms. The molecule has 20 heavy (non-hydrogen) atoms. The number of hydrogen-bond acceptors (Lipinski definition) is 2. The molecule has 0 heterocycles. The van der Waals surface area contributed by atoms with E-state index < -0.39 is 0 Å². The molecule has 2 heteroatoms. The lowest BCUT2D eigenvalue weighted by molar-refractivity contribution is -0.141. The van der Waals surface area contributed by atoms with Gasteiger partial charge >= 0.3 is 5.97 Å². The Balaban J connectivity index is 3.21. The van der Waals surface area contributed by atoms with E-state index in [4.69, 9.17) is 4.74 Å². The average Bonchev–Trinajstić information content (AvgIpc) is 2.43. The Morgan fingerprint density at radius 2 is 1.40 bits per heavy atom. The smallest absolute Gasteiger partial charge is 0.302 e. The van der Waals surface area contributed by atoms with Gasteiger partial charge in [-0.15, -0.1) is 0 Å². The molecular weight excluding hydrogens is 248 g/mol. The van der Waals surface area contributed by atoms with E-state index in [1.807, 2.05) is 0 Å². The molecule has 2 nitrogen and oxygen atoms in total. The molecule has 0 saturated heterocycles. The van der Waals surface area contributed by atoms with Crippen molar-refractivity contribution in [2.75, 3.05) is 6.61 Å². The zero-order chi connectivity index (χ0) is 14.9. The van der Waals surface area contributed by atoms with Crippen molar-refractivity contribution in [2.24, 2.45) is 0 Å². The molecular formula is C18H32O2. The lowest BCUT2D eigenvalue weighted by Crippen LogP contribution is -1.99. The summed E-state index contributed by atoms with van der Waals surface area (Å²) < 4.78 is 4.87. The summed E-state index contributed by atoms with van der Waals surface area (Å²) in [6, 6.07) is 0. The molecule has 0 aromatic rings. The molecule has 0 fully saturated rings. The number of allylic oxidation sites excluding steroid dienone is 4. The van der Waals surface area contributed by atoms with E-state index in [1.165, 1.54) is 51.9 Å². The van der Waals surface area contributed by atoms with Gasteiger partial charge in [-0.3, -0.25) is 4.79 Å². The Kier molecular flexibility index (Phi) is 15.2. The molecule has 0 aliphatic heterocycles. The first-order valence-corrected chi connectivity index (χ1v) is 8.22. The molecule has 0 amide bonds. The molecule has 0 saturated carbocycles. The van der Waals surface area contributed by atoms with E-state index in [1.54, 1.807) is 0 Å². The van der Waals surface area contributed by atoms with Gasteiger partial charge < -0.3 is 4.74 Å². The maximum absolute atomic E-state index is 10.5. The third-order valence-corrected chi connectivity index (χ3v) is 3.18. The highest BCUT2D eigenvalue weighted by atomic mass is 16.5. The van der Waals surface area contributed by atoms with Crippen LogP contribution in [-0.4, -0.2) is 12.6 Å². The fourth-order valence-corrected chi connectivity index (χ4v) is 1.97. The van der Waals surface area contributed by atoms with Crippen molar-refractivity contribution in [2.45, 2.75) is 78.1 Å². The van der Waals surface area contributed by atoms with Gasteiger partial charge in [0.15, 0.2) is 0 Å². The van der Waals surface area contributed by atoms with Crippen LogP contribution >= 0.6 is 0 Å². The van der Waals surface area contributed by atoms with Crippen LogP contribution in [0.25, 0.3) is 0 Å². The summed E-state index contributed by atoms with van der Waals surface area (Å²) in [4.78, 5) is 10.5. The number of ether oxygens (including phenoxy) is 1. The van der Waals surface area contributed by atoms with Crippen molar-refractivity contribution in [3.8, 4) is 0 Å². The van der Waals surface area contributed by atoms with Crippen molar-refractivity contribution < 1.29 is 9.53 Å². The van der Waals surface area contributed by atoms with Crippen LogP contribution in [0.2, 0.25) is 0 Å². The molecule has 0 aromatic carbocycles. The maximum atomic E-state index is 10.5. The fraction of sp³-hybridized carbons (Fsp3) is 0.722. The van der Waals surface area contributed by atoms with E-state index >= 15 is 0 Å². The molecule has 0 aliphatic carbocycles. The molecule has 0 atom stereocenters. The number of unbranched alkanes of at least 4 members (excludes halogenated alkanes) is 8. The lowest BCUT2D eigenvalue weighted by Gasteiger charge is -1.99. The van der Waals surface area contributed by atoms with Crippen LogP contribution in [-0.2, 0) is 9.53 Å². The topological polar surface area (TPSA) is 26.3 Å². The zero-order valence-corrected chi connectivity index (χ0v) is 13.4. The van der Waals surface area contributed by atoms with Crippen LogP contribution in [0.5, 0.6) is 0 Å². The summed E-state index contributed by atoms with van der Waals surface area (Å²) in [7, 11) is 0. The number of hydrogen-bond donors (Lipinski definition) is 0. The van der Waals surface area contributed by atoms with Crippen molar-refractivity contribution in [3.05, 3.63) is 24.3 Å². The summed E-state index contributed by atoms with van der Waals surface area (Å²) in [6.07, 6.45) is 21.2. The van der Waals surface area contributed by atoms with E-state index in [9.17, 15) is 4.79 Å². The minimum absolute atomic E-state index is 0.182. The number of carbonyl (C=O) groups is 1. The van der Waals surface area contributed by atoms with Gasteiger partial charge in [0.05, 0.1) is 6.61 Å². The molecule has 0 radical (unpaired) electrons. The third-order valence-electron chi connectivity index (χ3n) is 3.18. The fourth-order valence-electron chi connectivity index (χ4n) is 1.97. The Morgan fingerprint density at radius 1 is 0.850 bits per heavy atom. The summed E-state index contributed by atoms with van der Waals surface area (Å²) >= 11 is 0. The van der Waals surface area contributed by atoms with Crippen LogP contribution in [0, 0.1) is 0 Å². The van der Waals surface area contributed by atoms with E-state index in [0.717, 1.165) is 19.3 Å². The van der Waals surface area contributed by atoms with Crippen LogP contribution in [0.1, 0.15) is 78.1 Å². The normalized spacial score (nSPS) is 11.5. The third kappa shape index (κ3) is 16.9. The van der Waals surface area contributed by atoms with E-state index in [-0.39, 0.29) is 5.97 Å². The number of esters is 1. The summed E-state index contributed by atoms with van der Waals surface area (Å²) in [6.45, 7) is 4.26. The van der Waals surface area contributed by atoms with Gasteiger partial charge in [0.25, 0.3) is 0 Å². The van der Waals surface area contributed by atoms with Gasteiger partial charge in [-0.2, -0.15) is 0 Å². The first-order chi connectivity index (χ1) is 9.77. The minimum atomic E-state index is -0.182. The Labute approximate surface area is 125 Å². The Bertz CT molecular complexity index is 267. The predicted octanol–water partition coefficient (Wildman–Crippen LogP) is 5.58. The van der Waals surface area contributed by atoms with Gasteiger partial charge in [0, 0.05) is 6.92 Å².